The number of carboxylic acid groups (broad SMARTS) is 1. The summed E-state index contributed by atoms with van der Waals surface area (Å²) in [5.41, 5.74) is -1.10. The minimum absolute atomic E-state index is 0.443. The second kappa shape index (κ2) is 5.14. The van der Waals surface area contributed by atoms with Gasteiger partial charge in [0.25, 0.3) is 0 Å². The monoisotopic (exact) mass is 173 g/mol. The number of carbonyl (C=O) groups excluding carboxylic acids is 1. The second-order valence-electron chi connectivity index (χ2n) is 3.07. The number of aliphatic carboxylic acids is 1. The lowest BCUT2D eigenvalue weighted by Gasteiger charge is -2.29. The molecule has 0 fully saturated rings. The van der Waals surface area contributed by atoms with Crippen LogP contribution < -0.4 is 5.11 Å². The molecule has 0 aliphatic carbocycles. The molecule has 1 atom stereocenters. The molecule has 0 aromatic carbocycles. The van der Waals surface area contributed by atoms with Crippen LogP contribution in [-0.4, -0.2) is 18.2 Å². The highest BCUT2D eigenvalue weighted by atomic mass is 16.5. The molecule has 12 heavy (non-hydrogen) atoms. The van der Waals surface area contributed by atoms with Crippen molar-refractivity contribution in [3.8, 4) is 0 Å². The van der Waals surface area contributed by atoms with E-state index in [2.05, 4.69) is 0 Å². The van der Waals surface area contributed by atoms with Crippen molar-refractivity contribution < 1.29 is 14.6 Å². The maximum absolute atomic E-state index is 10.6. The molecule has 0 aliphatic heterocycles. The number of unbranched alkanes of at least 4 members (excludes halogenated alkanes) is 1. The SMILES string of the molecule is CCCCOC(C)(CC)C(=O)[O-]. The lowest BCUT2D eigenvalue weighted by atomic mass is 10.0. The fraction of sp³-hybridized carbons (Fsp3) is 0.889. The maximum Gasteiger partial charge on any atom is 0.104 e. The summed E-state index contributed by atoms with van der Waals surface area (Å²) >= 11 is 0. The largest absolute Gasteiger partial charge is 0.547 e. The van der Waals surface area contributed by atoms with Gasteiger partial charge < -0.3 is 14.6 Å². The number of rotatable bonds is 6. The van der Waals surface area contributed by atoms with Gasteiger partial charge >= 0.3 is 0 Å². The second-order valence-corrected chi connectivity index (χ2v) is 3.07. The molecular formula is C9H17O3-. The molecule has 0 spiro atoms. The number of carboxylic acids is 1. The number of ether oxygens (including phenoxy) is 1. The molecule has 0 saturated heterocycles. The lowest BCUT2D eigenvalue weighted by molar-refractivity contribution is -0.326. The fourth-order valence-electron chi connectivity index (χ4n) is 0.747. The molecule has 0 heterocycles. The molecule has 0 aliphatic rings. The Morgan fingerprint density at radius 2 is 2.08 bits per heavy atom. The van der Waals surface area contributed by atoms with Gasteiger partial charge in [-0.05, 0) is 19.8 Å². The van der Waals surface area contributed by atoms with Crippen molar-refractivity contribution in [1.82, 2.24) is 0 Å². The van der Waals surface area contributed by atoms with E-state index in [0.717, 1.165) is 12.8 Å². The summed E-state index contributed by atoms with van der Waals surface area (Å²) in [6.45, 7) is 5.86. The topological polar surface area (TPSA) is 49.4 Å². The van der Waals surface area contributed by atoms with E-state index < -0.39 is 11.6 Å². The van der Waals surface area contributed by atoms with Crippen LogP contribution in [0.1, 0.15) is 40.0 Å². The van der Waals surface area contributed by atoms with E-state index in [0.29, 0.717) is 13.0 Å². The van der Waals surface area contributed by atoms with E-state index >= 15 is 0 Å². The quantitative estimate of drug-likeness (QED) is 0.556. The molecule has 0 N–H and O–H groups in total. The van der Waals surface area contributed by atoms with Crippen LogP contribution in [0.25, 0.3) is 0 Å². The normalized spacial score (nSPS) is 15.6. The minimum atomic E-state index is -1.12. The van der Waals surface area contributed by atoms with E-state index in [1.165, 1.54) is 0 Å². The highest BCUT2D eigenvalue weighted by Gasteiger charge is 2.23. The van der Waals surface area contributed by atoms with Crippen LogP contribution in [-0.2, 0) is 9.53 Å². The van der Waals surface area contributed by atoms with E-state index in [1.54, 1.807) is 13.8 Å². The van der Waals surface area contributed by atoms with E-state index in [1.807, 2.05) is 6.92 Å². The predicted octanol–water partition coefficient (Wildman–Crippen LogP) is 0.722. The number of carbonyl (C=O) groups is 1. The van der Waals surface area contributed by atoms with Gasteiger partial charge in [0.05, 0.1) is 5.97 Å². The molecule has 0 aromatic heterocycles. The van der Waals surface area contributed by atoms with Crippen molar-refractivity contribution in [2.75, 3.05) is 6.61 Å². The summed E-state index contributed by atoms with van der Waals surface area (Å²) in [4.78, 5) is 10.6. The molecule has 3 nitrogen and oxygen atoms in total. The lowest BCUT2D eigenvalue weighted by Crippen LogP contribution is -2.47. The number of hydrogen-bond acceptors (Lipinski definition) is 3. The van der Waals surface area contributed by atoms with E-state index in [9.17, 15) is 9.90 Å². The fourth-order valence-corrected chi connectivity index (χ4v) is 0.747. The van der Waals surface area contributed by atoms with Gasteiger partial charge in [0.1, 0.15) is 5.60 Å². The van der Waals surface area contributed by atoms with Crippen molar-refractivity contribution in [3.05, 3.63) is 0 Å². The van der Waals surface area contributed by atoms with Gasteiger partial charge in [-0.25, -0.2) is 0 Å². The zero-order valence-corrected chi connectivity index (χ0v) is 8.05. The van der Waals surface area contributed by atoms with Crippen LogP contribution in [0.15, 0.2) is 0 Å². The summed E-state index contributed by atoms with van der Waals surface area (Å²) < 4.78 is 5.22. The summed E-state index contributed by atoms with van der Waals surface area (Å²) in [6.07, 6.45) is 2.34. The van der Waals surface area contributed by atoms with Crippen LogP contribution in [0.5, 0.6) is 0 Å². The van der Waals surface area contributed by atoms with Crippen LogP contribution in [0, 0.1) is 0 Å². The average molecular weight is 173 g/mol. The molecule has 72 valence electrons. The third-order valence-electron chi connectivity index (χ3n) is 2.02. The summed E-state index contributed by atoms with van der Waals surface area (Å²) in [5, 5.41) is 10.6. The Labute approximate surface area is 73.7 Å². The van der Waals surface area contributed by atoms with Crippen LogP contribution in [0.3, 0.4) is 0 Å². The average Bonchev–Trinajstić information content (AvgIpc) is 2.04. The van der Waals surface area contributed by atoms with Crippen molar-refractivity contribution in [2.24, 2.45) is 0 Å². The maximum atomic E-state index is 10.6. The molecule has 0 saturated carbocycles. The third-order valence-corrected chi connectivity index (χ3v) is 2.02. The summed E-state index contributed by atoms with van der Waals surface area (Å²) in [7, 11) is 0. The first kappa shape index (κ1) is 11.4. The zero-order chi connectivity index (χ0) is 9.61. The first-order chi connectivity index (χ1) is 5.56. The first-order valence-electron chi connectivity index (χ1n) is 4.42. The van der Waals surface area contributed by atoms with Crippen LogP contribution in [0.4, 0.5) is 0 Å². The first-order valence-corrected chi connectivity index (χ1v) is 4.42. The molecule has 0 aromatic rings. The van der Waals surface area contributed by atoms with Gasteiger partial charge in [-0.1, -0.05) is 20.3 Å². The Morgan fingerprint density at radius 3 is 2.42 bits per heavy atom. The van der Waals surface area contributed by atoms with Gasteiger partial charge in [0, 0.05) is 6.61 Å². The van der Waals surface area contributed by atoms with E-state index in [4.69, 9.17) is 4.74 Å². The van der Waals surface area contributed by atoms with Crippen molar-refractivity contribution >= 4 is 5.97 Å². The standard InChI is InChI=1S/C9H18O3/c1-4-6-7-12-9(3,5-2)8(10)11/h4-7H2,1-3H3,(H,10,11)/p-1. The van der Waals surface area contributed by atoms with E-state index in [-0.39, 0.29) is 0 Å². The Bertz CT molecular complexity index is 145. The van der Waals surface area contributed by atoms with Crippen molar-refractivity contribution in [3.63, 3.8) is 0 Å². The highest BCUT2D eigenvalue weighted by Crippen LogP contribution is 2.14. The van der Waals surface area contributed by atoms with Gasteiger partial charge in [-0.15, -0.1) is 0 Å². The molecular weight excluding hydrogens is 156 g/mol. The Kier molecular flexibility index (Phi) is 4.90. The molecule has 0 bridgehead atoms. The predicted molar refractivity (Wildman–Crippen MR) is 44.6 cm³/mol. The number of hydrogen-bond donors (Lipinski definition) is 0. The van der Waals surface area contributed by atoms with Crippen molar-refractivity contribution in [2.45, 2.75) is 45.6 Å². The molecule has 0 radical (unpaired) electrons. The van der Waals surface area contributed by atoms with Gasteiger partial charge in [-0.3, -0.25) is 0 Å². The summed E-state index contributed by atoms with van der Waals surface area (Å²) in [5.74, 6) is -1.12. The summed E-state index contributed by atoms with van der Waals surface area (Å²) in [6, 6.07) is 0. The molecule has 0 rings (SSSR count). The van der Waals surface area contributed by atoms with Gasteiger partial charge in [-0.2, -0.15) is 0 Å². The third kappa shape index (κ3) is 3.22. The van der Waals surface area contributed by atoms with Crippen LogP contribution in [0.2, 0.25) is 0 Å². The Balaban J connectivity index is 3.88. The van der Waals surface area contributed by atoms with Crippen molar-refractivity contribution in [1.29, 1.82) is 0 Å². The minimum Gasteiger partial charge on any atom is -0.547 e. The Morgan fingerprint density at radius 1 is 1.50 bits per heavy atom. The Hall–Kier alpha value is -0.570. The molecule has 1 unspecified atom stereocenters. The molecule has 0 amide bonds. The van der Waals surface area contributed by atoms with Gasteiger partial charge in [0.2, 0.25) is 0 Å². The molecule has 3 heteroatoms. The van der Waals surface area contributed by atoms with Crippen LogP contribution >= 0.6 is 0 Å². The smallest absolute Gasteiger partial charge is 0.104 e. The van der Waals surface area contributed by atoms with Gasteiger partial charge in [0.15, 0.2) is 0 Å². The zero-order valence-electron chi connectivity index (χ0n) is 8.05. The highest BCUT2D eigenvalue weighted by molar-refractivity contribution is 5.74.